The van der Waals surface area contributed by atoms with Crippen LogP contribution in [0.3, 0.4) is 0 Å². The Hall–Kier alpha value is -3.54. The van der Waals surface area contributed by atoms with Crippen LogP contribution in [0.4, 0.5) is 0 Å². The van der Waals surface area contributed by atoms with Gasteiger partial charge in [-0.3, -0.25) is 18.5 Å². The summed E-state index contributed by atoms with van der Waals surface area (Å²) < 4.78 is 43.2. The highest BCUT2D eigenvalue weighted by Gasteiger charge is 2.40. The van der Waals surface area contributed by atoms with Crippen molar-refractivity contribution in [1.82, 2.24) is 9.55 Å². The molecule has 11 heteroatoms. The van der Waals surface area contributed by atoms with E-state index in [1.54, 1.807) is 42.5 Å². The molecule has 3 aromatic rings. The third-order valence-corrected chi connectivity index (χ3v) is 6.90. The number of rotatable bonds is 7. The Morgan fingerprint density at radius 1 is 1.09 bits per heavy atom. The van der Waals surface area contributed by atoms with E-state index < -0.39 is 52.4 Å². The first kappa shape index (κ1) is 24.6. The molecule has 2 aromatic carbocycles. The Kier molecular flexibility index (Phi) is 7.01. The van der Waals surface area contributed by atoms with Gasteiger partial charge in [0.1, 0.15) is 18.4 Å². The van der Waals surface area contributed by atoms with Crippen molar-refractivity contribution in [2.24, 2.45) is 0 Å². The van der Waals surface area contributed by atoms with Crippen LogP contribution < -0.4 is 11.2 Å². The molecular formula is C24H24N2O8S. The number of carbonyl (C=O) groups excluding carboxylic acids is 1. The minimum Gasteiger partial charge on any atom is -0.456 e. The van der Waals surface area contributed by atoms with Crippen molar-refractivity contribution >= 4 is 16.1 Å². The number of nitrogens with one attached hydrogen (secondary N) is 1. The summed E-state index contributed by atoms with van der Waals surface area (Å²) >= 11 is 0. The zero-order valence-electron chi connectivity index (χ0n) is 19.0. The summed E-state index contributed by atoms with van der Waals surface area (Å²) in [5.74, 6) is -0.628. The van der Waals surface area contributed by atoms with Gasteiger partial charge in [-0.2, -0.15) is 8.42 Å². The molecular weight excluding hydrogens is 476 g/mol. The second-order valence-corrected chi connectivity index (χ2v) is 9.82. The normalized spacial score (nSPS) is 20.0. The van der Waals surface area contributed by atoms with E-state index in [0.717, 1.165) is 5.56 Å². The third-order valence-electron chi connectivity index (χ3n) is 5.60. The monoisotopic (exact) mass is 500 g/mol. The topological polar surface area (TPSA) is 134 Å². The number of esters is 1. The van der Waals surface area contributed by atoms with Gasteiger partial charge in [0.15, 0.2) is 0 Å². The van der Waals surface area contributed by atoms with E-state index in [1.165, 1.54) is 29.8 Å². The van der Waals surface area contributed by atoms with E-state index in [9.17, 15) is 22.8 Å². The quantitative estimate of drug-likeness (QED) is 0.385. The van der Waals surface area contributed by atoms with Gasteiger partial charge in [0.25, 0.3) is 15.7 Å². The minimum atomic E-state index is -4.11. The number of aromatic nitrogens is 2. The van der Waals surface area contributed by atoms with Crippen molar-refractivity contribution in [3.05, 3.63) is 98.3 Å². The van der Waals surface area contributed by atoms with Gasteiger partial charge in [-0.15, -0.1) is 0 Å². The van der Waals surface area contributed by atoms with Crippen LogP contribution in [0.15, 0.2) is 75.3 Å². The Morgan fingerprint density at radius 3 is 2.46 bits per heavy atom. The molecule has 0 radical (unpaired) electrons. The summed E-state index contributed by atoms with van der Waals surface area (Å²) in [4.78, 5) is 38.9. The average Bonchev–Trinajstić information content (AvgIpc) is 3.23. The smallest absolute Gasteiger partial charge is 0.338 e. The van der Waals surface area contributed by atoms with E-state index >= 15 is 0 Å². The molecule has 1 aliphatic rings. The zero-order valence-corrected chi connectivity index (χ0v) is 19.9. The molecule has 0 aliphatic carbocycles. The van der Waals surface area contributed by atoms with Gasteiger partial charge >= 0.3 is 11.7 Å². The van der Waals surface area contributed by atoms with Crippen molar-refractivity contribution in [2.75, 3.05) is 6.61 Å². The minimum absolute atomic E-state index is 0.0250. The third kappa shape index (κ3) is 5.59. The van der Waals surface area contributed by atoms with Crippen LogP contribution in [0.2, 0.25) is 0 Å². The molecule has 10 nitrogen and oxygen atoms in total. The van der Waals surface area contributed by atoms with E-state index in [1.807, 2.05) is 6.92 Å². The molecule has 1 aromatic heterocycles. The molecule has 35 heavy (non-hydrogen) atoms. The highest BCUT2D eigenvalue weighted by Crippen LogP contribution is 2.31. The van der Waals surface area contributed by atoms with Crippen LogP contribution in [0.5, 0.6) is 0 Å². The molecule has 0 saturated carbocycles. The number of aryl methyl sites for hydroxylation is 2. The fourth-order valence-electron chi connectivity index (χ4n) is 3.65. The lowest BCUT2D eigenvalue weighted by Crippen LogP contribution is -2.33. The maximum absolute atomic E-state index is 12.7. The second-order valence-electron chi connectivity index (χ2n) is 8.21. The van der Waals surface area contributed by atoms with Crippen LogP contribution >= 0.6 is 0 Å². The average molecular weight is 501 g/mol. The van der Waals surface area contributed by atoms with Crippen molar-refractivity contribution in [3.63, 3.8) is 0 Å². The number of hydrogen-bond donors (Lipinski definition) is 1. The SMILES string of the molecule is Cc1ccc(S(=O)(=O)OC[C@H]2O[C@@H](n3cc(C)c(=O)[nH]c3=O)CC2OC(=O)c2ccccc2)cc1. The van der Waals surface area contributed by atoms with Crippen LogP contribution in [0.25, 0.3) is 0 Å². The van der Waals surface area contributed by atoms with Crippen molar-refractivity contribution in [3.8, 4) is 0 Å². The number of ether oxygens (including phenoxy) is 2. The summed E-state index contributed by atoms with van der Waals surface area (Å²) in [7, 11) is -4.11. The molecule has 0 amide bonds. The molecule has 2 heterocycles. The Bertz CT molecular complexity index is 1430. The molecule has 1 fully saturated rings. The van der Waals surface area contributed by atoms with Gasteiger partial charge in [-0.1, -0.05) is 35.9 Å². The molecule has 1 N–H and O–H groups in total. The number of carbonyl (C=O) groups is 1. The van der Waals surface area contributed by atoms with E-state index in [4.69, 9.17) is 13.7 Å². The van der Waals surface area contributed by atoms with E-state index in [-0.39, 0.29) is 16.9 Å². The van der Waals surface area contributed by atoms with Gasteiger partial charge in [-0.05, 0) is 38.1 Å². The first-order chi connectivity index (χ1) is 16.6. The summed E-state index contributed by atoms with van der Waals surface area (Å²) in [6, 6.07) is 14.4. The lowest BCUT2D eigenvalue weighted by atomic mass is 10.1. The van der Waals surface area contributed by atoms with Gasteiger partial charge in [-0.25, -0.2) is 9.59 Å². The molecule has 0 bridgehead atoms. The van der Waals surface area contributed by atoms with E-state index in [0.29, 0.717) is 5.56 Å². The van der Waals surface area contributed by atoms with Crippen molar-refractivity contribution in [2.45, 2.75) is 43.6 Å². The molecule has 1 saturated heterocycles. The Labute approximate surface area is 201 Å². The lowest BCUT2D eigenvalue weighted by molar-refractivity contribution is -0.0468. The Balaban J connectivity index is 1.57. The van der Waals surface area contributed by atoms with Crippen molar-refractivity contribution < 1.29 is 26.9 Å². The molecule has 184 valence electrons. The predicted molar refractivity (Wildman–Crippen MR) is 125 cm³/mol. The number of nitrogens with zero attached hydrogens (tertiary/aromatic N) is 1. The van der Waals surface area contributed by atoms with Crippen molar-refractivity contribution in [1.29, 1.82) is 0 Å². The largest absolute Gasteiger partial charge is 0.456 e. The molecule has 3 atom stereocenters. The van der Waals surface area contributed by atoms with Gasteiger partial charge in [0.2, 0.25) is 0 Å². The second kappa shape index (κ2) is 9.98. The fourth-order valence-corrected chi connectivity index (χ4v) is 4.57. The number of hydrogen-bond acceptors (Lipinski definition) is 8. The lowest BCUT2D eigenvalue weighted by Gasteiger charge is -2.19. The first-order valence-electron chi connectivity index (χ1n) is 10.8. The maximum atomic E-state index is 12.7. The number of benzene rings is 2. The van der Waals surface area contributed by atoms with Crippen LogP contribution in [-0.4, -0.2) is 42.8 Å². The number of aromatic amines is 1. The summed E-state index contributed by atoms with van der Waals surface area (Å²) in [5, 5.41) is 0. The summed E-state index contributed by atoms with van der Waals surface area (Å²) in [5.41, 5.74) is 0.251. The van der Waals surface area contributed by atoms with Gasteiger partial charge < -0.3 is 9.47 Å². The zero-order chi connectivity index (χ0) is 25.2. The van der Waals surface area contributed by atoms with Crippen LogP contribution in [0.1, 0.15) is 34.1 Å². The molecule has 0 spiro atoms. The Morgan fingerprint density at radius 2 is 1.77 bits per heavy atom. The summed E-state index contributed by atoms with van der Waals surface area (Å²) in [6.07, 6.45) is -1.44. The standard InChI is InChI=1S/C24H24N2O8S/c1-15-8-10-18(11-9-15)35(30,31)32-14-20-19(34-23(28)17-6-4-3-5-7-17)12-21(33-20)26-13-16(2)22(27)25-24(26)29/h3-11,13,19-21H,12,14H2,1-2H3,(H,25,27,29)/t19?,20-,21-/m1/s1. The maximum Gasteiger partial charge on any atom is 0.338 e. The number of H-pyrrole nitrogens is 1. The van der Waals surface area contributed by atoms with Crippen LogP contribution in [-0.2, 0) is 23.8 Å². The highest BCUT2D eigenvalue weighted by atomic mass is 32.2. The molecule has 1 aliphatic heterocycles. The fraction of sp³-hybridized carbons (Fsp3) is 0.292. The predicted octanol–water partition coefficient (Wildman–Crippen LogP) is 2.07. The van der Waals surface area contributed by atoms with E-state index in [2.05, 4.69) is 4.98 Å². The van der Waals surface area contributed by atoms with Crippen LogP contribution in [0, 0.1) is 13.8 Å². The van der Waals surface area contributed by atoms with Gasteiger partial charge in [0, 0.05) is 18.2 Å². The van der Waals surface area contributed by atoms with Gasteiger partial charge in [0.05, 0.1) is 17.1 Å². The molecule has 1 unspecified atom stereocenters. The molecule has 4 rings (SSSR count). The first-order valence-corrected chi connectivity index (χ1v) is 12.2. The summed E-state index contributed by atoms with van der Waals surface area (Å²) in [6.45, 7) is 2.91. The highest BCUT2D eigenvalue weighted by molar-refractivity contribution is 7.86.